The van der Waals surface area contributed by atoms with Crippen LogP contribution >= 0.6 is 0 Å². The van der Waals surface area contributed by atoms with Crippen molar-refractivity contribution in [2.75, 3.05) is 19.6 Å². The third-order valence-electron chi connectivity index (χ3n) is 5.42. The van der Waals surface area contributed by atoms with E-state index in [0.29, 0.717) is 19.6 Å². The minimum atomic E-state index is 0.0350. The number of amides is 1. The molecule has 3 aromatic rings. The van der Waals surface area contributed by atoms with E-state index in [1.807, 2.05) is 55.5 Å². The van der Waals surface area contributed by atoms with Crippen molar-refractivity contribution < 1.29 is 13.9 Å². The van der Waals surface area contributed by atoms with E-state index >= 15 is 0 Å². The van der Waals surface area contributed by atoms with Gasteiger partial charge in [-0.25, -0.2) is 0 Å². The second kappa shape index (κ2) is 9.63. The Labute approximate surface area is 177 Å². The van der Waals surface area contributed by atoms with Gasteiger partial charge in [0.25, 0.3) is 0 Å². The first-order chi connectivity index (χ1) is 14.7. The highest BCUT2D eigenvalue weighted by Crippen LogP contribution is 2.28. The zero-order valence-electron chi connectivity index (χ0n) is 17.3. The van der Waals surface area contributed by atoms with Crippen molar-refractivity contribution in [3.05, 3.63) is 89.9 Å². The fraction of sp³-hybridized carbons (Fsp3) is 0.320. The lowest BCUT2D eigenvalue weighted by Gasteiger charge is -2.21. The fourth-order valence-electron chi connectivity index (χ4n) is 4.06. The molecule has 0 aliphatic carbocycles. The number of nitrogens with one attached hydrogen (secondary N) is 1. The van der Waals surface area contributed by atoms with E-state index in [9.17, 15) is 4.79 Å². The largest absolute Gasteiger partial charge is 0.489 e. The molecule has 4 rings (SSSR count). The van der Waals surface area contributed by atoms with Crippen LogP contribution in [0.3, 0.4) is 0 Å². The van der Waals surface area contributed by atoms with Gasteiger partial charge >= 0.3 is 0 Å². The van der Waals surface area contributed by atoms with E-state index in [-0.39, 0.29) is 17.9 Å². The number of furan rings is 1. The molecule has 2 atom stereocenters. The second-order valence-corrected chi connectivity index (χ2v) is 7.82. The van der Waals surface area contributed by atoms with E-state index < -0.39 is 0 Å². The van der Waals surface area contributed by atoms with Crippen LogP contribution in [0.1, 0.15) is 36.1 Å². The van der Waals surface area contributed by atoms with Gasteiger partial charge in [-0.3, -0.25) is 9.69 Å². The summed E-state index contributed by atoms with van der Waals surface area (Å²) in [4.78, 5) is 14.8. The number of rotatable bonds is 7. The highest BCUT2D eigenvalue weighted by molar-refractivity contribution is 5.78. The van der Waals surface area contributed by atoms with Crippen molar-refractivity contribution in [2.24, 2.45) is 0 Å². The molecule has 2 aromatic carbocycles. The normalized spacial score (nSPS) is 17.4. The van der Waals surface area contributed by atoms with Crippen molar-refractivity contribution in [1.29, 1.82) is 0 Å². The van der Waals surface area contributed by atoms with Gasteiger partial charge in [0.05, 0.1) is 12.8 Å². The summed E-state index contributed by atoms with van der Waals surface area (Å²) < 4.78 is 11.6. The van der Waals surface area contributed by atoms with Gasteiger partial charge < -0.3 is 14.5 Å². The first-order valence-electron chi connectivity index (χ1n) is 10.5. The summed E-state index contributed by atoms with van der Waals surface area (Å²) in [7, 11) is 0. The van der Waals surface area contributed by atoms with Crippen LogP contribution in [0.15, 0.2) is 77.4 Å². The number of benzene rings is 2. The van der Waals surface area contributed by atoms with E-state index in [4.69, 9.17) is 9.15 Å². The SMILES string of the molecule is CC1CN(CC(=O)NCCC(c2ccccc2)c2ccco2)Cc2ccccc2O1. The Morgan fingerprint density at radius 2 is 1.90 bits per heavy atom. The van der Waals surface area contributed by atoms with E-state index in [1.165, 1.54) is 5.56 Å². The highest BCUT2D eigenvalue weighted by atomic mass is 16.5. The standard InChI is InChI=1S/C25H28N2O3/c1-19-16-27(17-21-10-5-6-11-23(21)30-19)18-25(28)26-14-13-22(24-12-7-15-29-24)20-8-3-2-4-9-20/h2-12,15,19,22H,13-14,16-18H2,1H3,(H,26,28). The molecule has 0 radical (unpaired) electrons. The van der Waals surface area contributed by atoms with Crippen molar-refractivity contribution >= 4 is 5.91 Å². The molecule has 1 aliphatic rings. The molecule has 2 unspecified atom stereocenters. The summed E-state index contributed by atoms with van der Waals surface area (Å²) in [5, 5.41) is 3.09. The molecule has 0 saturated carbocycles. The van der Waals surface area contributed by atoms with Crippen LogP contribution in [0, 0.1) is 0 Å². The van der Waals surface area contributed by atoms with Crippen LogP contribution in [0.4, 0.5) is 0 Å². The lowest BCUT2D eigenvalue weighted by Crippen LogP contribution is -2.40. The van der Waals surface area contributed by atoms with Crippen molar-refractivity contribution in [3.63, 3.8) is 0 Å². The molecule has 30 heavy (non-hydrogen) atoms. The van der Waals surface area contributed by atoms with Crippen molar-refractivity contribution in [3.8, 4) is 5.75 Å². The molecular formula is C25H28N2O3. The first kappa shape index (κ1) is 20.2. The first-order valence-corrected chi connectivity index (χ1v) is 10.5. The molecule has 5 nitrogen and oxygen atoms in total. The number of para-hydroxylation sites is 1. The quantitative estimate of drug-likeness (QED) is 0.641. The van der Waals surface area contributed by atoms with Crippen molar-refractivity contribution in [1.82, 2.24) is 10.2 Å². The molecule has 0 saturated heterocycles. The van der Waals surface area contributed by atoms with Gasteiger partial charge in [0.15, 0.2) is 0 Å². The Kier molecular flexibility index (Phi) is 6.50. The molecule has 0 fully saturated rings. The van der Waals surface area contributed by atoms with Crippen LogP contribution in [0.5, 0.6) is 5.75 Å². The van der Waals surface area contributed by atoms with Gasteiger partial charge in [0.1, 0.15) is 17.6 Å². The maximum atomic E-state index is 12.6. The van der Waals surface area contributed by atoms with Crippen LogP contribution < -0.4 is 10.1 Å². The number of hydrogen-bond donors (Lipinski definition) is 1. The van der Waals surface area contributed by atoms with Gasteiger partial charge in [-0.15, -0.1) is 0 Å². The maximum Gasteiger partial charge on any atom is 0.234 e. The minimum Gasteiger partial charge on any atom is -0.489 e. The smallest absolute Gasteiger partial charge is 0.234 e. The van der Waals surface area contributed by atoms with Gasteiger partial charge in [0, 0.05) is 31.1 Å². The fourth-order valence-corrected chi connectivity index (χ4v) is 4.06. The molecule has 2 heterocycles. The molecule has 156 valence electrons. The topological polar surface area (TPSA) is 54.7 Å². The maximum absolute atomic E-state index is 12.6. The predicted octanol–water partition coefficient (Wildman–Crippen LogP) is 4.20. The number of carbonyl (C=O) groups excluding carboxylic acids is 1. The average Bonchev–Trinajstić information content (AvgIpc) is 3.22. The summed E-state index contributed by atoms with van der Waals surface area (Å²) in [6.45, 7) is 4.43. The zero-order chi connectivity index (χ0) is 20.8. The average molecular weight is 405 g/mol. The molecule has 1 amide bonds. The van der Waals surface area contributed by atoms with Crippen LogP contribution in [0.25, 0.3) is 0 Å². The van der Waals surface area contributed by atoms with Gasteiger partial charge in [0.2, 0.25) is 5.91 Å². The Bertz CT molecular complexity index is 940. The second-order valence-electron chi connectivity index (χ2n) is 7.82. The number of carbonyl (C=O) groups is 1. The molecule has 0 spiro atoms. The zero-order valence-corrected chi connectivity index (χ0v) is 17.3. The molecule has 0 bridgehead atoms. The van der Waals surface area contributed by atoms with E-state index in [2.05, 4.69) is 28.4 Å². The Balaban J connectivity index is 1.33. The number of hydrogen-bond acceptors (Lipinski definition) is 4. The van der Waals surface area contributed by atoms with E-state index in [1.54, 1.807) is 6.26 Å². The summed E-state index contributed by atoms with van der Waals surface area (Å²) in [6, 6.07) is 22.2. The highest BCUT2D eigenvalue weighted by Gasteiger charge is 2.22. The van der Waals surface area contributed by atoms with Gasteiger partial charge in [-0.2, -0.15) is 0 Å². The molecule has 5 heteroatoms. The third-order valence-corrected chi connectivity index (χ3v) is 5.42. The van der Waals surface area contributed by atoms with Gasteiger partial charge in [-0.1, -0.05) is 48.5 Å². The van der Waals surface area contributed by atoms with Crippen LogP contribution in [-0.2, 0) is 11.3 Å². The summed E-state index contributed by atoms with van der Waals surface area (Å²) in [5.74, 6) is 2.00. The number of ether oxygens (including phenoxy) is 1. The molecular weight excluding hydrogens is 376 g/mol. The number of nitrogens with zero attached hydrogens (tertiary/aromatic N) is 1. The summed E-state index contributed by atoms with van der Waals surface area (Å²) in [5.41, 5.74) is 2.31. The Hall–Kier alpha value is -3.05. The molecule has 1 aliphatic heterocycles. The summed E-state index contributed by atoms with van der Waals surface area (Å²) >= 11 is 0. The lowest BCUT2D eigenvalue weighted by molar-refractivity contribution is -0.122. The number of fused-ring (bicyclic) bond motifs is 1. The Morgan fingerprint density at radius 1 is 1.10 bits per heavy atom. The van der Waals surface area contributed by atoms with Crippen LogP contribution in [0.2, 0.25) is 0 Å². The lowest BCUT2D eigenvalue weighted by atomic mass is 9.93. The molecule has 1 N–H and O–H groups in total. The minimum absolute atomic E-state index is 0.0350. The Morgan fingerprint density at radius 3 is 2.70 bits per heavy atom. The predicted molar refractivity (Wildman–Crippen MR) is 116 cm³/mol. The van der Waals surface area contributed by atoms with Crippen molar-refractivity contribution in [2.45, 2.75) is 31.9 Å². The molecule has 1 aromatic heterocycles. The summed E-state index contributed by atoms with van der Waals surface area (Å²) in [6.07, 6.45) is 2.53. The van der Waals surface area contributed by atoms with Crippen LogP contribution in [-0.4, -0.2) is 36.5 Å². The van der Waals surface area contributed by atoms with Gasteiger partial charge in [-0.05, 0) is 37.1 Å². The third kappa shape index (κ3) is 5.10. The monoisotopic (exact) mass is 404 g/mol. The van der Waals surface area contributed by atoms with E-state index in [0.717, 1.165) is 30.0 Å².